The Bertz CT molecular complexity index is 385. The van der Waals surface area contributed by atoms with E-state index in [1.807, 2.05) is 0 Å². The molecule has 1 heteroatoms. The van der Waals surface area contributed by atoms with E-state index in [1.165, 1.54) is 16.9 Å². The van der Waals surface area contributed by atoms with Gasteiger partial charge in [-0.3, -0.25) is 0 Å². The molecule has 0 amide bonds. The summed E-state index contributed by atoms with van der Waals surface area (Å²) in [4.78, 5) is 1.19. The maximum atomic E-state index is 2.28. The van der Waals surface area contributed by atoms with E-state index in [1.54, 1.807) is 4.05 Å². The van der Waals surface area contributed by atoms with E-state index in [-0.39, 0.29) is 0 Å². The second-order valence-electron chi connectivity index (χ2n) is 3.26. The molecule has 0 fully saturated rings. The Balaban J connectivity index is 1.76. The van der Waals surface area contributed by atoms with Crippen molar-refractivity contribution < 1.29 is 18.0 Å². The summed E-state index contributed by atoms with van der Waals surface area (Å²) in [5.74, 6) is 0. The van der Waals surface area contributed by atoms with Crippen LogP contribution < -0.4 is 0 Å². The molecule has 0 aliphatic heterocycles. The van der Waals surface area contributed by atoms with Crippen LogP contribution in [0.15, 0.2) is 58.7 Å². The molecule has 0 bridgehead atoms. The van der Waals surface area contributed by atoms with Gasteiger partial charge in [-0.25, -0.2) is 0 Å². The van der Waals surface area contributed by atoms with Gasteiger partial charge in [-0.1, -0.05) is 0 Å². The molecule has 0 unspecified atom stereocenters. The zero-order chi connectivity index (χ0) is 10.3. The van der Waals surface area contributed by atoms with Crippen LogP contribution in [0.1, 0.15) is 12.0 Å². The number of rotatable bonds is 4. The summed E-state index contributed by atoms with van der Waals surface area (Å²) >= 11 is 0.756. The van der Waals surface area contributed by atoms with Crippen LogP contribution in [0.2, 0.25) is 4.89 Å². The number of allylic oxidation sites excluding steroid dienone is 5. The van der Waals surface area contributed by atoms with Gasteiger partial charge < -0.3 is 0 Å². The summed E-state index contributed by atoms with van der Waals surface area (Å²) in [6, 6.07) is 10.5. The van der Waals surface area contributed by atoms with Gasteiger partial charge in [0.25, 0.3) is 0 Å². The molecule has 0 saturated carbocycles. The van der Waals surface area contributed by atoms with Crippen LogP contribution in [0.4, 0.5) is 0 Å². The monoisotopic (exact) mass is 288 g/mol. The fourth-order valence-corrected chi connectivity index (χ4v) is 2.86. The minimum absolute atomic E-state index is 0.756. The minimum atomic E-state index is 0.756. The first-order chi connectivity index (χ1) is 7.45. The van der Waals surface area contributed by atoms with Crippen molar-refractivity contribution in [3.05, 3.63) is 64.2 Å². The van der Waals surface area contributed by atoms with Gasteiger partial charge in [-0.05, 0) is 0 Å². The molecule has 0 heterocycles. The molecule has 1 aromatic carbocycles. The van der Waals surface area contributed by atoms with Gasteiger partial charge in [0, 0.05) is 0 Å². The fraction of sp³-hybridized carbons (Fsp3) is 0.143. The van der Waals surface area contributed by atoms with Crippen LogP contribution in [0.25, 0.3) is 6.08 Å². The summed E-state index contributed by atoms with van der Waals surface area (Å²) < 4.78 is 1.60. The van der Waals surface area contributed by atoms with Crippen molar-refractivity contribution in [3.63, 3.8) is 0 Å². The van der Waals surface area contributed by atoms with Crippen LogP contribution >= 0.6 is 0 Å². The van der Waals surface area contributed by atoms with Crippen LogP contribution in [-0.4, -0.2) is 0 Å². The molecule has 1 aromatic rings. The van der Waals surface area contributed by atoms with Crippen LogP contribution in [-0.2, 0) is 18.0 Å². The summed E-state index contributed by atoms with van der Waals surface area (Å²) in [6.07, 6.45) is 12.3. The standard InChI is InChI=1S/C9H9.C5H5.Pd/c1-2-6-9-7-4-3-5-8-9;1-2-4-5-3-1;/h2-8H,1H2;1-3H,4H2;/b6-2+;;. The Morgan fingerprint density at radius 1 is 1.20 bits per heavy atom. The van der Waals surface area contributed by atoms with Crippen molar-refractivity contribution in [2.75, 3.05) is 0 Å². The SMILES string of the molecule is C1=CC[C]([Pd][CH2]/C=C/c2ccccc2)=C1. The molecule has 0 spiro atoms. The van der Waals surface area contributed by atoms with E-state index in [9.17, 15) is 0 Å². The van der Waals surface area contributed by atoms with Crippen molar-refractivity contribution in [1.82, 2.24) is 0 Å². The topological polar surface area (TPSA) is 0 Å². The average molecular weight is 289 g/mol. The molecular weight excluding hydrogens is 275 g/mol. The summed E-state index contributed by atoms with van der Waals surface area (Å²) in [7, 11) is 0. The average Bonchev–Trinajstić information content (AvgIpc) is 2.79. The van der Waals surface area contributed by atoms with E-state index in [2.05, 4.69) is 60.7 Å². The molecular formula is C14H14Pd. The molecule has 15 heavy (non-hydrogen) atoms. The number of hydrogen-bond donors (Lipinski definition) is 0. The van der Waals surface area contributed by atoms with Crippen LogP contribution in [0.5, 0.6) is 0 Å². The Morgan fingerprint density at radius 2 is 2.07 bits per heavy atom. The summed E-state index contributed by atoms with van der Waals surface area (Å²) in [6.45, 7) is 0. The molecule has 0 atom stereocenters. The predicted octanol–water partition coefficient (Wildman–Crippen LogP) is 4.04. The van der Waals surface area contributed by atoms with Gasteiger partial charge >= 0.3 is 99.6 Å². The second-order valence-corrected chi connectivity index (χ2v) is 5.44. The second kappa shape index (κ2) is 5.86. The van der Waals surface area contributed by atoms with Gasteiger partial charge in [0.05, 0.1) is 0 Å². The van der Waals surface area contributed by atoms with E-state index in [0.29, 0.717) is 0 Å². The molecule has 80 valence electrons. The first kappa shape index (κ1) is 10.6. The molecule has 1 aliphatic carbocycles. The third-order valence-corrected chi connectivity index (χ3v) is 4.06. The van der Waals surface area contributed by atoms with Gasteiger partial charge in [0.1, 0.15) is 0 Å². The molecule has 2 rings (SSSR count). The summed E-state index contributed by atoms with van der Waals surface area (Å²) in [5, 5.41) is 0. The normalized spacial score (nSPS) is 15.1. The Hall–Kier alpha value is -0.898. The molecule has 0 N–H and O–H groups in total. The third kappa shape index (κ3) is 3.63. The van der Waals surface area contributed by atoms with Crippen molar-refractivity contribution in [2.24, 2.45) is 0 Å². The summed E-state index contributed by atoms with van der Waals surface area (Å²) in [5.41, 5.74) is 1.30. The fourth-order valence-electron chi connectivity index (χ4n) is 1.35. The van der Waals surface area contributed by atoms with E-state index >= 15 is 0 Å². The van der Waals surface area contributed by atoms with Crippen molar-refractivity contribution in [2.45, 2.75) is 11.3 Å². The predicted molar refractivity (Wildman–Crippen MR) is 62.1 cm³/mol. The molecule has 0 nitrogen and oxygen atoms in total. The molecule has 0 radical (unpaired) electrons. The van der Waals surface area contributed by atoms with Gasteiger partial charge in [-0.15, -0.1) is 0 Å². The van der Waals surface area contributed by atoms with E-state index in [0.717, 1.165) is 18.0 Å². The van der Waals surface area contributed by atoms with E-state index in [4.69, 9.17) is 0 Å². The van der Waals surface area contributed by atoms with Crippen molar-refractivity contribution in [3.8, 4) is 0 Å². The zero-order valence-electron chi connectivity index (χ0n) is 8.50. The Kier molecular flexibility index (Phi) is 4.14. The quantitative estimate of drug-likeness (QED) is 0.734. The van der Waals surface area contributed by atoms with Crippen LogP contribution in [0.3, 0.4) is 0 Å². The Labute approximate surface area is 99.6 Å². The van der Waals surface area contributed by atoms with E-state index < -0.39 is 0 Å². The van der Waals surface area contributed by atoms with Gasteiger partial charge in [-0.2, -0.15) is 0 Å². The van der Waals surface area contributed by atoms with Crippen molar-refractivity contribution in [1.29, 1.82) is 0 Å². The van der Waals surface area contributed by atoms with Gasteiger partial charge in [0.2, 0.25) is 0 Å². The molecule has 0 saturated heterocycles. The zero-order valence-corrected chi connectivity index (χ0v) is 10.1. The number of benzene rings is 1. The Morgan fingerprint density at radius 3 is 2.80 bits per heavy atom. The first-order valence-electron chi connectivity index (χ1n) is 5.04. The maximum absolute atomic E-state index is 2.28. The number of hydrogen-bond acceptors (Lipinski definition) is 0. The third-order valence-electron chi connectivity index (χ3n) is 2.10. The first-order valence-corrected chi connectivity index (χ1v) is 6.92. The van der Waals surface area contributed by atoms with Crippen molar-refractivity contribution >= 4 is 6.08 Å². The molecule has 0 aromatic heterocycles. The molecule has 1 aliphatic rings. The van der Waals surface area contributed by atoms with Crippen LogP contribution in [0, 0.1) is 0 Å². The van der Waals surface area contributed by atoms with Gasteiger partial charge in [0.15, 0.2) is 0 Å².